The van der Waals surface area contributed by atoms with E-state index in [1.165, 1.54) is 6.42 Å². The fourth-order valence-electron chi connectivity index (χ4n) is 2.79. The Labute approximate surface area is 92.0 Å². The molecule has 0 heterocycles. The van der Waals surface area contributed by atoms with Crippen molar-refractivity contribution < 1.29 is 9.47 Å². The Bertz CT molecular complexity index is 302. The predicted octanol–water partition coefficient (Wildman–Crippen LogP) is 3.05. The average molecular weight is 208 g/mol. The van der Waals surface area contributed by atoms with Crippen LogP contribution in [0.25, 0.3) is 0 Å². The Balaban J connectivity index is 2.14. The molecule has 2 rings (SSSR count). The standard InChI is InChI=1S/C13H20O2/c1-9-12-6-5-11(14-2)8-10(12)4-7-13(9)15-3/h5,9,13H,4,6-8H2,1-3H3/t9-,13-/m1/s1. The highest BCUT2D eigenvalue weighted by Gasteiger charge is 2.29. The summed E-state index contributed by atoms with van der Waals surface area (Å²) in [6, 6.07) is 0. The highest BCUT2D eigenvalue weighted by molar-refractivity contribution is 5.31. The van der Waals surface area contributed by atoms with Crippen molar-refractivity contribution in [2.45, 2.75) is 38.7 Å². The number of methoxy groups -OCH3 is 2. The molecular formula is C13H20O2. The van der Waals surface area contributed by atoms with Gasteiger partial charge in [0, 0.05) is 19.4 Å². The topological polar surface area (TPSA) is 18.5 Å². The van der Waals surface area contributed by atoms with Crippen LogP contribution in [0.15, 0.2) is 23.0 Å². The molecule has 0 fully saturated rings. The fraction of sp³-hybridized carbons (Fsp3) is 0.692. The van der Waals surface area contributed by atoms with Crippen LogP contribution in [0.5, 0.6) is 0 Å². The molecule has 0 saturated carbocycles. The molecule has 0 aromatic rings. The zero-order valence-corrected chi connectivity index (χ0v) is 9.88. The summed E-state index contributed by atoms with van der Waals surface area (Å²) >= 11 is 0. The molecule has 0 spiro atoms. The summed E-state index contributed by atoms with van der Waals surface area (Å²) in [4.78, 5) is 0. The molecule has 15 heavy (non-hydrogen) atoms. The smallest absolute Gasteiger partial charge is 0.0959 e. The quantitative estimate of drug-likeness (QED) is 0.649. The Morgan fingerprint density at radius 2 is 2.13 bits per heavy atom. The van der Waals surface area contributed by atoms with Gasteiger partial charge in [-0.3, -0.25) is 0 Å². The van der Waals surface area contributed by atoms with Gasteiger partial charge in [-0.1, -0.05) is 18.1 Å². The molecule has 0 aromatic carbocycles. The zero-order chi connectivity index (χ0) is 10.8. The van der Waals surface area contributed by atoms with Crippen molar-refractivity contribution in [2.75, 3.05) is 14.2 Å². The van der Waals surface area contributed by atoms with Crippen molar-refractivity contribution in [3.8, 4) is 0 Å². The summed E-state index contributed by atoms with van der Waals surface area (Å²) in [5.41, 5.74) is 3.18. The normalized spacial score (nSPS) is 31.0. The average Bonchev–Trinajstić information content (AvgIpc) is 2.29. The summed E-state index contributed by atoms with van der Waals surface area (Å²) in [6.45, 7) is 2.29. The molecule has 0 N–H and O–H groups in total. The first kappa shape index (κ1) is 10.7. The Morgan fingerprint density at radius 1 is 1.33 bits per heavy atom. The molecule has 0 aliphatic heterocycles. The van der Waals surface area contributed by atoms with Gasteiger partial charge >= 0.3 is 0 Å². The second-order valence-electron chi connectivity index (χ2n) is 4.49. The molecule has 2 aliphatic carbocycles. The van der Waals surface area contributed by atoms with Gasteiger partial charge in [-0.2, -0.15) is 0 Å². The summed E-state index contributed by atoms with van der Waals surface area (Å²) in [5, 5.41) is 0. The zero-order valence-electron chi connectivity index (χ0n) is 9.88. The first-order valence-electron chi connectivity index (χ1n) is 5.73. The summed E-state index contributed by atoms with van der Waals surface area (Å²) in [6.07, 6.45) is 7.05. The van der Waals surface area contributed by atoms with E-state index in [1.807, 2.05) is 7.11 Å². The second-order valence-corrected chi connectivity index (χ2v) is 4.49. The lowest BCUT2D eigenvalue weighted by Gasteiger charge is -2.34. The minimum Gasteiger partial charge on any atom is -0.501 e. The van der Waals surface area contributed by atoms with Crippen LogP contribution in [0, 0.1) is 5.92 Å². The monoisotopic (exact) mass is 208 g/mol. The van der Waals surface area contributed by atoms with Crippen LogP contribution in [0.1, 0.15) is 32.6 Å². The molecule has 2 nitrogen and oxygen atoms in total. The molecule has 2 aliphatic rings. The van der Waals surface area contributed by atoms with E-state index in [0.29, 0.717) is 12.0 Å². The van der Waals surface area contributed by atoms with Gasteiger partial charge in [0.1, 0.15) is 0 Å². The van der Waals surface area contributed by atoms with Crippen molar-refractivity contribution in [3.63, 3.8) is 0 Å². The molecular weight excluding hydrogens is 188 g/mol. The Hall–Kier alpha value is -0.760. The van der Waals surface area contributed by atoms with Gasteiger partial charge in [0.05, 0.1) is 19.0 Å². The summed E-state index contributed by atoms with van der Waals surface area (Å²) < 4.78 is 10.8. The molecule has 2 atom stereocenters. The van der Waals surface area contributed by atoms with E-state index in [2.05, 4.69) is 13.0 Å². The first-order chi connectivity index (χ1) is 7.26. The van der Waals surface area contributed by atoms with Crippen LogP contribution >= 0.6 is 0 Å². The number of rotatable bonds is 2. The van der Waals surface area contributed by atoms with Crippen molar-refractivity contribution in [2.24, 2.45) is 5.92 Å². The van der Waals surface area contributed by atoms with Crippen LogP contribution in [0.3, 0.4) is 0 Å². The third-order valence-corrected chi connectivity index (χ3v) is 3.79. The SMILES string of the molecule is COC1=CCC2=C(CC[C@@H](OC)[C@@H]2C)C1. The van der Waals surface area contributed by atoms with E-state index < -0.39 is 0 Å². The van der Waals surface area contributed by atoms with E-state index in [1.54, 1.807) is 18.3 Å². The lowest BCUT2D eigenvalue weighted by atomic mass is 9.77. The fourth-order valence-corrected chi connectivity index (χ4v) is 2.79. The van der Waals surface area contributed by atoms with Gasteiger partial charge in [0.2, 0.25) is 0 Å². The molecule has 2 heteroatoms. The molecule has 0 bridgehead atoms. The largest absolute Gasteiger partial charge is 0.501 e. The maximum absolute atomic E-state index is 5.52. The van der Waals surface area contributed by atoms with Crippen molar-refractivity contribution >= 4 is 0 Å². The molecule has 84 valence electrons. The van der Waals surface area contributed by atoms with E-state index in [0.717, 1.165) is 25.0 Å². The molecule has 0 amide bonds. The first-order valence-corrected chi connectivity index (χ1v) is 5.73. The van der Waals surface area contributed by atoms with E-state index in [9.17, 15) is 0 Å². The van der Waals surface area contributed by atoms with E-state index >= 15 is 0 Å². The van der Waals surface area contributed by atoms with Crippen LogP contribution in [0.4, 0.5) is 0 Å². The summed E-state index contributed by atoms with van der Waals surface area (Å²) in [5.74, 6) is 1.71. The van der Waals surface area contributed by atoms with E-state index in [4.69, 9.17) is 9.47 Å². The third kappa shape index (κ3) is 1.96. The number of hydrogen-bond acceptors (Lipinski definition) is 2. The Kier molecular flexibility index (Phi) is 3.15. The van der Waals surface area contributed by atoms with Crippen molar-refractivity contribution in [3.05, 3.63) is 23.0 Å². The lowest BCUT2D eigenvalue weighted by molar-refractivity contribution is 0.0563. The van der Waals surface area contributed by atoms with Gasteiger partial charge < -0.3 is 9.47 Å². The van der Waals surface area contributed by atoms with Gasteiger partial charge in [0.25, 0.3) is 0 Å². The van der Waals surface area contributed by atoms with Crippen LogP contribution in [0.2, 0.25) is 0 Å². The molecule has 0 unspecified atom stereocenters. The number of ether oxygens (including phenoxy) is 2. The van der Waals surface area contributed by atoms with Crippen LogP contribution in [-0.2, 0) is 9.47 Å². The maximum Gasteiger partial charge on any atom is 0.0959 e. The van der Waals surface area contributed by atoms with Crippen molar-refractivity contribution in [1.29, 1.82) is 0 Å². The van der Waals surface area contributed by atoms with Crippen molar-refractivity contribution in [1.82, 2.24) is 0 Å². The molecule has 0 radical (unpaired) electrons. The van der Waals surface area contributed by atoms with Gasteiger partial charge in [-0.15, -0.1) is 0 Å². The van der Waals surface area contributed by atoms with Gasteiger partial charge in [0.15, 0.2) is 0 Å². The Morgan fingerprint density at radius 3 is 2.80 bits per heavy atom. The lowest BCUT2D eigenvalue weighted by Crippen LogP contribution is -2.28. The second kappa shape index (κ2) is 4.40. The van der Waals surface area contributed by atoms with E-state index in [-0.39, 0.29) is 0 Å². The molecule has 0 aromatic heterocycles. The number of hydrogen-bond donors (Lipinski definition) is 0. The third-order valence-electron chi connectivity index (χ3n) is 3.79. The predicted molar refractivity (Wildman–Crippen MR) is 60.5 cm³/mol. The van der Waals surface area contributed by atoms with Gasteiger partial charge in [-0.25, -0.2) is 0 Å². The minimum atomic E-state index is 0.418. The highest BCUT2D eigenvalue weighted by atomic mass is 16.5. The highest BCUT2D eigenvalue weighted by Crippen LogP contribution is 2.39. The maximum atomic E-state index is 5.52. The number of allylic oxidation sites excluding steroid dienone is 2. The van der Waals surface area contributed by atoms with Crippen LogP contribution in [-0.4, -0.2) is 20.3 Å². The van der Waals surface area contributed by atoms with Crippen LogP contribution < -0.4 is 0 Å². The van der Waals surface area contributed by atoms with Gasteiger partial charge in [-0.05, 0) is 25.3 Å². The molecule has 0 saturated heterocycles. The summed E-state index contributed by atoms with van der Waals surface area (Å²) in [7, 11) is 3.59. The minimum absolute atomic E-state index is 0.418.